The Labute approximate surface area is 113 Å². The Kier molecular flexibility index (Phi) is 3.61. The lowest BCUT2D eigenvalue weighted by Gasteiger charge is -2.10. The highest BCUT2D eigenvalue weighted by atomic mass is 79.9. The third kappa shape index (κ3) is 2.27. The van der Waals surface area contributed by atoms with Crippen molar-refractivity contribution in [2.24, 2.45) is 0 Å². The molecule has 0 radical (unpaired) electrons. The highest BCUT2D eigenvalue weighted by Crippen LogP contribution is 2.24. The zero-order valence-electron chi connectivity index (χ0n) is 8.68. The van der Waals surface area contributed by atoms with E-state index in [1.54, 1.807) is 42.5 Å². The third-order valence-electron chi connectivity index (χ3n) is 2.29. The summed E-state index contributed by atoms with van der Waals surface area (Å²) < 4.78 is 25.8. The number of aromatic nitrogens is 1. The first-order valence-electron chi connectivity index (χ1n) is 4.80. The molecule has 0 bridgehead atoms. The largest absolute Gasteiger partial charge is 0.269 e. The van der Waals surface area contributed by atoms with E-state index in [9.17, 15) is 8.42 Å². The van der Waals surface area contributed by atoms with Gasteiger partial charge in [-0.1, -0.05) is 45.7 Å². The minimum atomic E-state index is -3.61. The Bertz CT molecular complexity index is 622. The lowest BCUT2D eigenvalue weighted by atomic mass is 10.4. The molecular formula is C11H9BrClNO2S. The van der Waals surface area contributed by atoms with Crippen LogP contribution in [0.2, 0.25) is 5.15 Å². The summed E-state index contributed by atoms with van der Waals surface area (Å²) in [6.45, 7) is 0. The van der Waals surface area contributed by atoms with Crippen molar-refractivity contribution in [3.63, 3.8) is 0 Å². The third-order valence-corrected chi connectivity index (χ3v) is 5.04. The minimum Gasteiger partial charge on any atom is -0.227 e. The van der Waals surface area contributed by atoms with E-state index in [0.29, 0.717) is 11.0 Å². The Hall–Kier alpha value is -0.780. The van der Waals surface area contributed by atoms with Crippen LogP contribution in [0, 0.1) is 0 Å². The standard InChI is InChI=1S/C11H9BrClNO2S/c12-8-9-6-7-11(13)14(9)17(15,16)10-4-2-1-3-5-10/h1-7H,8H2. The van der Waals surface area contributed by atoms with Gasteiger partial charge in [0.15, 0.2) is 0 Å². The second-order valence-corrected chi connectivity index (χ2v) is 6.10. The lowest BCUT2D eigenvalue weighted by Crippen LogP contribution is -2.15. The van der Waals surface area contributed by atoms with Crippen molar-refractivity contribution in [1.82, 2.24) is 3.97 Å². The van der Waals surface area contributed by atoms with Gasteiger partial charge in [0.1, 0.15) is 5.15 Å². The highest BCUT2D eigenvalue weighted by molar-refractivity contribution is 9.08. The van der Waals surface area contributed by atoms with E-state index in [0.717, 1.165) is 3.97 Å². The van der Waals surface area contributed by atoms with Crippen molar-refractivity contribution in [3.8, 4) is 0 Å². The van der Waals surface area contributed by atoms with E-state index < -0.39 is 10.0 Å². The van der Waals surface area contributed by atoms with Gasteiger partial charge in [-0.15, -0.1) is 0 Å². The fraction of sp³-hybridized carbons (Fsp3) is 0.0909. The zero-order valence-corrected chi connectivity index (χ0v) is 11.8. The molecule has 0 aliphatic carbocycles. The molecule has 1 aromatic heterocycles. The number of halogens is 2. The average Bonchev–Trinajstić information content (AvgIpc) is 2.72. The highest BCUT2D eigenvalue weighted by Gasteiger charge is 2.21. The molecule has 0 saturated carbocycles. The topological polar surface area (TPSA) is 39.1 Å². The first-order valence-corrected chi connectivity index (χ1v) is 7.74. The summed E-state index contributed by atoms with van der Waals surface area (Å²) in [4.78, 5) is 0.223. The van der Waals surface area contributed by atoms with Gasteiger partial charge >= 0.3 is 0 Å². The number of alkyl halides is 1. The van der Waals surface area contributed by atoms with Crippen LogP contribution in [-0.4, -0.2) is 12.4 Å². The predicted molar refractivity (Wildman–Crippen MR) is 71.1 cm³/mol. The van der Waals surface area contributed by atoms with Gasteiger partial charge in [-0.2, -0.15) is 0 Å². The molecule has 2 aromatic rings. The van der Waals surface area contributed by atoms with E-state index in [2.05, 4.69) is 15.9 Å². The summed E-state index contributed by atoms with van der Waals surface area (Å²) in [5.41, 5.74) is 0.596. The Morgan fingerprint density at radius 1 is 1.12 bits per heavy atom. The molecule has 1 aromatic carbocycles. The molecule has 6 heteroatoms. The molecule has 0 spiro atoms. The number of hydrogen-bond acceptors (Lipinski definition) is 2. The molecule has 0 fully saturated rings. The van der Waals surface area contributed by atoms with Crippen LogP contribution in [0.15, 0.2) is 47.4 Å². The van der Waals surface area contributed by atoms with Gasteiger partial charge in [-0.3, -0.25) is 0 Å². The SMILES string of the molecule is O=S(=O)(c1ccccc1)n1c(Cl)ccc1CBr. The van der Waals surface area contributed by atoms with Crippen molar-refractivity contribution < 1.29 is 8.42 Å². The van der Waals surface area contributed by atoms with Crippen LogP contribution in [0.25, 0.3) is 0 Å². The maximum Gasteiger partial charge on any atom is 0.269 e. The van der Waals surface area contributed by atoms with E-state index in [-0.39, 0.29) is 10.0 Å². The second-order valence-electron chi connectivity index (χ2n) is 3.36. The van der Waals surface area contributed by atoms with Crippen molar-refractivity contribution in [2.45, 2.75) is 10.2 Å². The number of rotatable bonds is 3. The smallest absolute Gasteiger partial charge is 0.227 e. The first kappa shape index (κ1) is 12.7. The first-order chi connectivity index (χ1) is 8.07. The van der Waals surface area contributed by atoms with Gasteiger partial charge in [-0.05, 0) is 24.3 Å². The quantitative estimate of drug-likeness (QED) is 0.808. The van der Waals surface area contributed by atoms with Gasteiger partial charge in [0.2, 0.25) is 0 Å². The zero-order chi connectivity index (χ0) is 12.5. The molecule has 0 amide bonds. The van der Waals surface area contributed by atoms with Gasteiger partial charge in [-0.25, -0.2) is 12.4 Å². The number of hydrogen-bond donors (Lipinski definition) is 0. The molecule has 0 unspecified atom stereocenters. The molecule has 17 heavy (non-hydrogen) atoms. The summed E-state index contributed by atoms with van der Waals surface area (Å²) in [6.07, 6.45) is 0. The number of nitrogens with zero attached hydrogens (tertiary/aromatic N) is 1. The minimum absolute atomic E-state index is 0.184. The monoisotopic (exact) mass is 333 g/mol. The van der Waals surface area contributed by atoms with Gasteiger partial charge in [0.05, 0.1) is 4.90 Å². The van der Waals surface area contributed by atoms with E-state index in [4.69, 9.17) is 11.6 Å². The molecule has 0 aliphatic heterocycles. The molecule has 3 nitrogen and oxygen atoms in total. The lowest BCUT2D eigenvalue weighted by molar-refractivity contribution is 0.586. The molecule has 1 heterocycles. The molecule has 90 valence electrons. The summed E-state index contributed by atoms with van der Waals surface area (Å²) >= 11 is 9.16. The van der Waals surface area contributed by atoms with Crippen molar-refractivity contribution in [1.29, 1.82) is 0 Å². The van der Waals surface area contributed by atoms with Crippen LogP contribution < -0.4 is 0 Å². The maximum absolute atomic E-state index is 12.4. The van der Waals surface area contributed by atoms with E-state index >= 15 is 0 Å². The van der Waals surface area contributed by atoms with Crippen molar-refractivity contribution in [3.05, 3.63) is 53.3 Å². The Morgan fingerprint density at radius 3 is 2.35 bits per heavy atom. The second kappa shape index (κ2) is 4.84. The van der Waals surface area contributed by atoms with Crippen molar-refractivity contribution >= 4 is 37.6 Å². The van der Waals surface area contributed by atoms with E-state index in [1.807, 2.05) is 0 Å². The molecular weight excluding hydrogens is 326 g/mol. The van der Waals surface area contributed by atoms with Crippen LogP contribution >= 0.6 is 27.5 Å². The van der Waals surface area contributed by atoms with Gasteiger partial charge < -0.3 is 0 Å². The van der Waals surface area contributed by atoms with Crippen LogP contribution in [0.4, 0.5) is 0 Å². The normalized spacial score (nSPS) is 11.6. The number of benzene rings is 1. The fourth-order valence-corrected chi connectivity index (χ4v) is 3.99. The summed E-state index contributed by atoms with van der Waals surface area (Å²) in [6, 6.07) is 11.5. The fourth-order valence-electron chi connectivity index (χ4n) is 1.50. The van der Waals surface area contributed by atoms with Crippen molar-refractivity contribution in [2.75, 3.05) is 0 Å². The summed E-state index contributed by atoms with van der Waals surface area (Å²) in [7, 11) is -3.61. The van der Waals surface area contributed by atoms with Crippen LogP contribution in [0.3, 0.4) is 0 Å². The van der Waals surface area contributed by atoms with Crippen LogP contribution in [-0.2, 0) is 15.4 Å². The Balaban J connectivity index is 2.64. The Morgan fingerprint density at radius 2 is 1.76 bits per heavy atom. The molecule has 2 rings (SSSR count). The molecule has 0 N–H and O–H groups in total. The molecule has 0 aliphatic rings. The van der Waals surface area contributed by atoms with Gasteiger partial charge in [0.25, 0.3) is 10.0 Å². The van der Waals surface area contributed by atoms with Gasteiger partial charge in [0, 0.05) is 11.0 Å². The predicted octanol–water partition coefficient (Wildman–Crippen LogP) is 3.27. The molecule has 0 atom stereocenters. The molecule has 0 saturated heterocycles. The van der Waals surface area contributed by atoms with Crippen LogP contribution in [0.5, 0.6) is 0 Å². The van der Waals surface area contributed by atoms with E-state index in [1.165, 1.54) is 0 Å². The maximum atomic E-state index is 12.4. The summed E-state index contributed by atoms with van der Waals surface area (Å²) in [5.74, 6) is 0. The summed E-state index contributed by atoms with van der Waals surface area (Å²) in [5, 5.41) is 0.606. The van der Waals surface area contributed by atoms with Crippen LogP contribution in [0.1, 0.15) is 5.69 Å². The average molecular weight is 335 g/mol.